The van der Waals surface area contributed by atoms with Crippen molar-refractivity contribution in [3.8, 4) is 0 Å². The number of amides is 2. The van der Waals surface area contributed by atoms with Crippen LogP contribution < -0.4 is 10.2 Å². The molecule has 5 heteroatoms. The lowest BCUT2D eigenvalue weighted by Gasteiger charge is -2.25. The second kappa shape index (κ2) is 8.77. The molecule has 2 amide bonds. The molecule has 1 aliphatic rings. The van der Waals surface area contributed by atoms with E-state index in [4.69, 9.17) is 5.11 Å². The zero-order valence-electron chi connectivity index (χ0n) is 14.3. The van der Waals surface area contributed by atoms with Crippen molar-refractivity contribution in [3.63, 3.8) is 0 Å². The van der Waals surface area contributed by atoms with Gasteiger partial charge < -0.3 is 20.2 Å². The highest BCUT2D eigenvalue weighted by Gasteiger charge is 2.19. The minimum atomic E-state index is 0.0155. The van der Waals surface area contributed by atoms with E-state index in [-0.39, 0.29) is 18.6 Å². The molecule has 23 heavy (non-hydrogen) atoms. The molecule has 2 N–H and O–H groups in total. The molecule has 1 aromatic carbocycles. The van der Waals surface area contributed by atoms with Gasteiger partial charge in [-0.25, -0.2) is 4.79 Å². The van der Waals surface area contributed by atoms with E-state index in [2.05, 4.69) is 41.4 Å². The molecule has 0 bridgehead atoms. The van der Waals surface area contributed by atoms with Crippen LogP contribution in [-0.4, -0.2) is 55.4 Å². The van der Waals surface area contributed by atoms with Crippen LogP contribution in [0.25, 0.3) is 0 Å². The number of hydrogen-bond donors (Lipinski definition) is 2. The van der Waals surface area contributed by atoms with Crippen LogP contribution in [0.3, 0.4) is 0 Å². The van der Waals surface area contributed by atoms with E-state index >= 15 is 0 Å². The average Bonchev–Trinajstić information content (AvgIpc) is 2.81. The molecular weight excluding hydrogens is 290 g/mol. The number of nitrogens with zero attached hydrogens (tertiary/aromatic N) is 2. The van der Waals surface area contributed by atoms with Crippen molar-refractivity contribution in [2.75, 3.05) is 44.2 Å². The molecule has 1 fully saturated rings. The maximum Gasteiger partial charge on any atom is 0.317 e. The number of carbonyl (C=O) groups is 1. The number of aliphatic hydroxyl groups is 1. The minimum Gasteiger partial charge on any atom is -0.396 e. The summed E-state index contributed by atoms with van der Waals surface area (Å²) in [5.74, 6) is 0.232. The Balaban J connectivity index is 1.84. The monoisotopic (exact) mass is 319 g/mol. The number of benzene rings is 1. The van der Waals surface area contributed by atoms with E-state index in [9.17, 15) is 4.79 Å². The minimum absolute atomic E-state index is 0.0155. The van der Waals surface area contributed by atoms with Crippen molar-refractivity contribution in [1.29, 1.82) is 0 Å². The van der Waals surface area contributed by atoms with E-state index in [1.165, 1.54) is 11.3 Å². The first kappa shape index (κ1) is 17.6. The number of anilines is 1. The van der Waals surface area contributed by atoms with E-state index in [1.54, 1.807) is 0 Å². The lowest BCUT2D eigenvalue weighted by molar-refractivity contribution is 0.197. The van der Waals surface area contributed by atoms with E-state index in [0.717, 1.165) is 39.0 Å². The molecule has 128 valence electrons. The van der Waals surface area contributed by atoms with E-state index in [1.807, 2.05) is 11.8 Å². The molecule has 1 saturated heterocycles. The van der Waals surface area contributed by atoms with Gasteiger partial charge in [-0.05, 0) is 37.3 Å². The smallest absolute Gasteiger partial charge is 0.317 e. The van der Waals surface area contributed by atoms with Crippen LogP contribution in [0, 0.1) is 12.8 Å². The molecule has 1 heterocycles. The molecule has 1 unspecified atom stereocenters. The number of carbonyl (C=O) groups excluding carboxylic acids is 1. The standard InChI is InChI=1S/C18H29N3O2/c1-15(14-22)8-9-19-18(23)21-11-5-10-20(12-13-21)17-7-4-3-6-16(17)2/h3-4,6-7,15,22H,5,8-14H2,1-2H3,(H,19,23). The van der Waals surface area contributed by atoms with Crippen LogP contribution in [0.1, 0.15) is 25.3 Å². The SMILES string of the molecule is Cc1ccccc1N1CCCN(C(=O)NCCC(C)CO)CC1. The van der Waals surface area contributed by atoms with Crippen molar-refractivity contribution < 1.29 is 9.90 Å². The maximum absolute atomic E-state index is 12.3. The fourth-order valence-electron chi connectivity index (χ4n) is 2.91. The van der Waals surface area contributed by atoms with Crippen molar-refractivity contribution in [2.24, 2.45) is 5.92 Å². The highest BCUT2D eigenvalue weighted by atomic mass is 16.3. The first-order valence-electron chi connectivity index (χ1n) is 8.56. The molecule has 0 spiro atoms. The topological polar surface area (TPSA) is 55.8 Å². The van der Waals surface area contributed by atoms with Gasteiger partial charge in [-0.15, -0.1) is 0 Å². The molecule has 0 aromatic heterocycles. The summed E-state index contributed by atoms with van der Waals surface area (Å²) >= 11 is 0. The Hall–Kier alpha value is -1.75. The Morgan fingerprint density at radius 1 is 1.26 bits per heavy atom. The Bertz CT molecular complexity index is 507. The number of hydrogen-bond acceptors (Lipinski definition) is 3. The molecular formula is C18H29N3O2. The van der Waals surface area contributed by atoms with Gasteiger partial charge in [0, 0.05) is 45.0 Å². The van der Waals surface area contributed by atoms with Crippen molar-refractivity contribution in [2.45, 2.75) is 26.7 Å². The summed E-state index contributed by atoms with van der Waals surface area (Å²) in [4.78, 5) is 16.5. The van der Waals surface area contributed by atoms with Crippen LogP contribution in [0.5, 0.6) is 0 Å². The fraction of sp³-hybridized carbons (Fsp3) is 0.611. The second-order valence-electron chi connectivity index (χ2n) is 6.42. The van der Waals surface area contributed by atoms with Gasteiger partial charge >= 0.3 is 6.03 Å². The zero-order valence-corrected chi connectivity index (χ0v) is 14.3. The van der Waals surface area contributed by atoms with Crippen molar-refractivity contribution >= 4 is 11.7 Å². The Morgan fingerprint density at radius 3 is 2.78 bits per heavy atom. The first-order chi connectivity index (χ1) is 11.1. The predicted molar refractivity (Wildman–Crippen MR) is 93.8 cm³/mol. The normalized spacial score (nSPS) is 16.8. The van der Waals surface area contributed by atoms with Gasteiger partial charge in [0.25, 0.3) is 0 Å². The van der Waals surface area contributed by atoms with E-state index in [0.29, 0.717) is 6.54 Å². The lowest BCUT2D eigenvalue weighted by atomic mass is 10.1. The van der Waals surface area contributed by atoms with Crippen molar-refractivity contribution in [1.82, 2.24) is 10.2 Å². The largest absolute Gasteiger partial charge is 0.396 e. The molecule has 0 radical (unpaired) electrons. The Kier molecular flexibility index (Phi) is 6.71. The number of aliphatic hydroxyl groups excluding tert-OH is 1. The number of para-hydroxylation sites is 1. The lowest BCUT2D eigenvalue weighted by Crippen LogP contribution is -2.42. The summed E-state index contributed by atoms with van der Waals surface area (Å²) in [5, 5.41) is 12.0. The average molecular weight is 319 g/mol. The van der Waals surface area contributed by atoms with Gasteiger partial charge in [-0.2, -0.15) is 0 Å². The molecule has 1 atom stereocenters. The Morgan fingerprint density at radius 2 is 2.04 bits per heavy atom. The van der Waals surface area contributed by atoms with Crippen LogP contribution in [0.2, 0.25) is 0 Å². The van der Waals surface area contributed by atoms with Crippen LogP contribution >= 0.6 is 0 Å². The van der Waals surface area contributed by atoms with Crippen LogP contribution in [-0.2, 0) is 0 Å². The van der Waals surface area contributed by atoms with Crippen LogP contribution in [0.15, 0.2) is 24.3 Å². The number of nitrogens with one attached hydrogen (secondary N) is 1. The van der Waals surface area contributed by atoms with Crippen LogP contribution in [0.4, 0.5) is 10.5 Å². The van der Waals surface area contributed by atoms with Crippen molar-refractivity contribution in [3.05, 3.63) is 29.8 Å². The fourth-order valence-corrected chi connectivity index (χ4v) is 2.91. The summed E-state index contributed by atoms with van der Waals surface area (Å²) in [5.41, 5.74) is 2.55. The first-order valence-corrected chi connectivity index (χ1v) is 8.56. The van der Waals surface area contributed by atoms with E-state index < -0.39 is 0 Å². The summed E-state index contributed by atoms with van der Waals surface area (Å²) in [7, 11) is 0. The van der Waals surface area contributed by atoms with Gasteiger partial charge in [0.1, 0.15) is 0 Å². The highest BCUT2D eigenvalue weighted by molar-refractivity contribution is 5.74. The predicted octanol–water partition coefficient (Wildman–Crippen LogP) is 2.24. The van der Waals surface area contributed by atoms with Gasteiger partial charge in [0.05, 0.1) is 0 Å². The highest BCUT2D eigenvalue weighted by Crippen LogP contribution is 2.20. The van der Waals surface area contributed by atoms with Gasteiger partial charge in [-0.3, -0.25) is 0 Å². The Labute approximate surface area is 139 Å². The third kappa shape index (κ3) is 5.13. The maximum atomic E-state index is 12.3. The molecule has 0 aliphatic carbocycles. The molecule has 2 rings (SSSR count). The molecule has 1 aliphatic heterocycles. The molecule has 1 aromatic rings. The van der Waals surface area contributed by atoms with Gasteiger partial charge in [0.15, 0.2) is 0 Å². The molecule has 0 saturated carbocycles. The number of rotatable bonds is 5. The summed E-state index contributed by atoms with van der Waals surface area (Å²) < 4.78 is 0. The quantitative estimate of drug-likeness (QED) is 0.875. The van der Waals surface area contributed by atoms with Gasteiger partial charge in [0.2, 0.25) is 0 Å². The third-order valence-corrected chi connectivity index (χ3v) is 4.46. The zero-order chi connectivity index (χ0) is 16.7. The molecule has 5 nitrogen and oxygen atoms in total. The summed E-state index contributed by atoms with van der Waals surface area (Å²) in [6.45, 7) is 8.30. The second-order valence-corrected chi connectivity index (χ2v) is 6.42. The third-order valence-electron chi connectivity index (χ3n) is 4.46. The summed E-state index contributed by atoms with van der Waals surface area (Å²) in [6, 6.07) is 8.43. The number of aryl methyl sites for hydroxylation is 1. The number of urea groups is 1. The van der Waals surface area contributed by atoms with Gasteiger partial charge in [-0.1, -0.05) is 25.1 Å². The summed E-state index contributed by atoms with van der Waals surface area (Å²) in [6.07, 6.45) is 1.79.